The molecule has 0 aliphatic carbocycles. The third-order valence-corrected chi connectivity index (χ3v) is 9.27. The van der Waals surface area contributed by atoms with E-state index in [0.29, 0.717) is 6.42 Å². The average molecular weight is 703 g/mol. The van der Waals surface area contributed by atoms with Gasteiger partial charge in [-0.05, 0) is 12.8 Å². The molecule has 0 unspecified atom stereocenters. The Hall–Kier alpha value is 1.22. The molecule has 0 radical (unpaired) electrons. The Morgan fingerprint density at radius 2 is 0.652 bits per heavy atom. The molecule has 0 spiro atoms. The van der Waals surface area contributed by atoms with Gasteiger partial charge in [-0.2, -0.15) is 0 Å². The fourth-order valence-corrected chi connectivity index (χ4v) is 6.20. The van der Waals surface area contributed by atoms with Gasteiger partial charge in [0.15, 0.2) is 0 Å². The fraction of sp³-hybridized carbons (Fsp3) is 0.974. The van der Waals surface area contributed by atoms with Gasteiger partial charge in [0.05, 0.1) is 6.61 Å². The molecule has 0 aromatic heterocycles. The second-order valence-electron chi connectivity index (χ2n) is 13.4. The van der Waals surface area contributed by atoms with E-state index in [0.717, 1.165) is 32.1 Å². The molecule has 0 aliphatic rings. The van der Waals surface area contributed by atoms with E-state index in [1.165, 1.54) is 180 Å². The number of carbonyl (C=O) groups is 1. The normalized spacial score (nSPS) is 11.2. The van der Waals surface area contributed by atoms with E-state index in [1.54, 1.807) is 0 Å². The molecule has 0 heterocycles. The summed E-state index contributed by atoms with van der Waals surface area (Å²) in [5, 5.41) is 8.56. The van der Waals surface area contributed by atoms with Crippen LogP contribution in [0.15, 0.2) is 0 Å². The van der Waals surface area contributed by atoms with Gasteiger partial charge in [-0.25, -0.2) is 4.57 Å². The summed E-state index contributed by atoms with van der Waals surface area (Å²) >= 11 is 0. The van der Waals surface area contributed by atoms with Gasteiger partial charge >= 0.3 is 65.2 Å². The maximum atomic E-state index is 10.4. The second kappa shape index (κ2) is 44.2. The van der Waals surface area contributed by atoms with Crippen LogP contribution in [0.2, 0.25) is 0 Å². The third-order valence-electron chi connectivity index (χ3n) is 8.75. The molecule has 0 saturated heterocycles. The van der Waals surface area contributed by atoms with Crippen LogP contribution in [-0.2, 0) is 13.9 Å². The van der Waals surface area contributed by atoms with Crippen molar-refractivity contribution in [3.05, 3.63) is 0 Å². The Bertz CT molecular complexity index is 616. The second-order valence-corrected chi connectivity index (χ2v) is 14.7. The zero-order chi connectivity index (χ0) is 33.5. The Morgan fingerprint density at radius 3 is 0.870 bits per heavy atom. The Morgan fingerprint density at radius 1 is 0.435 bits per heavy atom. The third kappa shape index (κ3) is 54.7. The summed E-state index contributed by atoms with van der Waals surface area (Å²) in [4.78, 5) is 27.4. The van der Waals surface area contributed by atoms with Crippen LogP contribution in [0.1, 0.15) is 232 Å². The molecule has 8 heteroatoms. The van der Waals surface area contributed by atoms with Crippen molar-refractivity contribution in [3.8, 4) is 0 Å². The van der Waals surface area contributed by atoms with Gasteiger partial charge < -0.3 is 14.9 Å². The number of rotatable bonds is 36. The van der Waals surface area contributed by atoms with Gasteiger partial charge in [0.2, 0.25) is 0 Å². The molecule has 0 aromatic rings. The summed E-state index contributed by atoms with van der Waals surface area (Å²) in [6, 6.07) is 0. The van der Waals surface area contributed by atoms with Gasteiger partial charge in [0, 0.05) is 6.42 Å². The zero-order valence-electron chi connectivity index (χ0n) is 30.3. The topological polar surface area (TPSA) is 104 Å². The van der Waals surface area contributed by atoms with Gasteiger partial charge in [-0.15, -0.1) is 0 Å². The van der Waals surface area contributed by atoms with Gasteiger partial charge in [-0.3, -0.25) is 9.32 Å². The molecule has 3 N–H and O–H groups in total. The number of unbranched alkanes of at least 4 members (excludes halogenated alkanes) is 31. The van der Waals surface area contributed by atoms with Crippen molar-refractivity contribution in [3.63, 3.8) is 0 Å². The van der Waals surface area contributed by atoms with Crippen molar-refractivity contribution in [1.29, 1.82) is 0 Å². The van der Waals surface area contributed by atoms with Gasteiger partial charge in [0.25, 0.3) is 0 Å². The molecule has 274 valence electrons. The first kappa shape index (κ1) is 51.6. The van der Waals surface area contributed by atoms with Crippen LogP contribution < -0.4 is 0 Å². The van der Waals surface area contributed by atoms with Crippen LogP contribution >= 0.6 is 7.82 Å². The van der Waals surface area contributed by atoms with Crippen molar-refractivity contribution < 1.29 is 28.8 Å². The number of hydrogen-bond donors (Lipinski definition) is 3. The van der Waals surface area contributed by atoms with Crippen LogP contribution in [-0.4, -0.2) is 78.9 Å². The minimum absolute atomic E-state index is 0. The number of carboxylic acid groups (broad SMARTS) is 1. The van der Waals surface area contributed by atoms with Crippen molar-refractivity contribution >= 4 is 65.2 Å². The molecule has 0 bridgehead atoms. The van der Waals surface area contributed by atoms with E-state index in [9.17, 15) is 9.36 Å². The van der Waals surface area contributed by atoms with Crippen molar-refractivity contribution in [2.24, 2.45) is 0 Å². The SMILES string of the molecule is CCCCCCCCCCCCCCCCCCCCCC(=O)O.CCCCCCCCCCCCCCCCOP(=O)(O)O.[KH]. The molecule has 0 fully saturated rings. The Balaban J connectivity index is -0.000000794. The molecule has 0 amide bonds. The number of phosphoric acid groups is 1. The van der Waals surface area contributed by atoms with Crippen LogP contribution in [0, 0.1) is 0 Å². The molecular formula is C38H80KO6P. The Labute approximate surface area is 329 Å². The Kier molecular flexibility index (Phi) is 49.6. The van der Waals surface area contributed by atoms with Gasteiger partial charge in [-0.1, -0.05) is 213 Å². The van der Waals surface area contributed by atoms with E-state index in [4.69, 9.17) is 14.9 Å². The minimum atomic E-state index is -4.25. The van der Waals surface area contributed by atoms with E-state index in [2.05, 4.69) is 18.4 Å². The average Bonchev–Trinajstić information content (AvgIpc) is 3.00. The van der Waals surface area contributed by atoms with E-state index < -0.39 is 13.8 Å². The summed E-state index contributed by atoms with van der Waals surface area (Å²) in [5.74, 6) is -0.651. The molecule has 0 saturated carbocycles. The predicted octanol–water partition coefficient (Wildman–Crippen LogP) is 12.8. The number of hydrogen-bond acceptors (Lipinski definition) is 3. The maximum absolute atomic E-state index is 10.4. The quantitative estimate of drug-likeness (QED) is 0.0341. The molecule has 6 nitrogen and oxygen atoms in total. The summed E-state index contributed by atoms with van der Waals surface area (Å²) in [6.07, 6.45) is 43.9. The predicted molar refractivity (Wildman–Crippen MR) is 201 cm³/mol. The van der Waals surface area contributed by atoms with E-state index >= 15 is 0 Å². The fourth-order valence-electron chi connectivity index (χ4n) is 5.83. The van der Waals surface area contributed by atoms with Crippen LogP contribution in [0.3, 0.4) is 0 Å². The number of carboxylic acids is 1. The molecule has 0 atom stereocenters. The van der Waals surface area contributed by atoms with E-state index in [1.807, 2.05) is 0 Å². The molecular weight excluding hydrogens is 622 g/mol. The van der Waals surface area contributed by atoms with Crippen molar-refractivity contribution in [1.82, 2.24) is 0 Å². The van der Waals surface area contributed by atoms with E-state index in [-0.39, 0.29) is 58.0 Å². The number of aliphatic carboxylic acids is 1. The summed E-state index contributed by atoms with van der Waals surface area (Å²) in [6.45, 7) is 4.71. The van der Waals surface area contributed by atoms with Crippen molar-refractivity contribution in [2.75, 3.05) is 6.61 Å². The van der Waals surface area contributed by atoms with Crippen LogP contribution in [0.4, 0.5) is 0 Å². The molecule has 0 aliphatic heterocycles. The van der Waals surface area contributed by atoms with Crippen molar-refractivity contribution in [2.45, 2.75) is 232 Å². The van der Waals surface area contributed by atoms with Crippen LogP contribution in [0.25, 0.3) is 0 Å². The summed E-state index contributed by atoms with van der Waals surface area (Å²) in [7, 11) is -4.25. The standard InChI is InChI=1S/C22H44O2.C16H35O4P.K.H/c1-2-3-4-5-6-7-8-9-10-11-12-13-14-15-16-17-18-19-20-21-22(23)24;1-2-3-4-5-6-7-8-9-10-11-12-13-14-15-16-20-21(17,18)19;;/h2-21H2,1H3,(H,23,24);2-16H2,1H3,(H2,17,18,19);;. The first-order chi connectivity index (χ1) is 21.8. The number of phosphoric ester groups is 1. The summed E-state index contributed by atoms with van der Waals surface area (Å²) < 4.78 is 14.8. The van der Waals surface area contributed by atoms with Crippen LogP contribution in [0.5, 0.6) is 0 Å². The zero-order valence-corrected chi connectivity index (χ0v) is 31.2. The first-order valence-corrected chi connectivity index (χ1v) is 21.3. The molecule has 0 aromatic carbocycles. The molecule has 0 rings (SSSR count). The molecule has 46 heavy (non-hydrogen) atoms. The summed E-state index contributed by atoms with van der Waals surface area (Å²) in [5.41, 5.74) is 0. The first-order valence-electron chi connectivity index (χ1n) is 19.7. The monoisotopic (exact) mass is 703 g/mol. The van der Waals surface area contributed by atoms with Gasteiger partial charge in [0.1, 0.15) is 0 Å².